The lowest BCUT2D eigenvalue weighted by Crippen LogP contribution is -2.17. The fourth-order valence-corrected chi connectivity index (χ4v) is 4.03. The van der Waals surface area contributed by atoms with E-state index in [0.29, 0.717) is 11.3 Å². The second-order valence-electron chi connectivity index (χ2n) is 6.29. The van der Waals surface area contributed by atoms with Crippen LogP contribution < -0.4 is 0 Å². The highest BCUT2D eigenvalue weighted by atomic mass is 32.2. The van der Waals surface area contributed by atoms with E-state index in [-0.39, 0.29) is 10.6 Å². The Morgan fingerprint density at radius 3 is 2.52 bits per heavy atom. The predicted molar refractivity (Wildman–Crippen MR) is 107 cm³/mol. The minimum Gasteiger partial charge on any atom is -0.291 e. The highest BCUT2D eigenvalue weighted by molar-refractivity contribution is 7.92. The molecule has 29 heavy (non-hydrogen) atoms. The number of rotatable bonds is 6. The van der Waals surface area contributed by atoms with Crippen molar-refractivity contribution in [3.8, 4) is 16.9 Å². The van der Waals surface area contributed by atoms with Crippen molar-refractivity contribution in [2.24, 2.45) is 0 Å². The first kappa shape index (κ1) is 18.7. The molecule has 144 valence electrons. The molecule has 0 bridgehead atoms. The van der Waals surface area contributed by atoms with Crippen molar-refractivity contribution < 1.29 is 13.2 Å². The number of ketones is 1. The van der Waals surface area contributed by atoms with E-state index in [9.17, 15) is 13.2 Å². The molecule has 3 heterocycles. The van der Waals surface area contributed by atoms with Gasteiger partial charge in [0.15, 0.2) is 15.6 Å². The molecule has 0 saturated carbocycles. The number of Topliss-reactive ketones (excluding diaryl/α,β-unsaturated/α-hetero) is 1. The predicted octanol–water partition coefficient (Wildman–Crippen LogP) is 2.99. The summed E-state index contributed by atoms with van der Waals surface area (Å²) in [6.45, 7) is 0. The minimum absolute atomic E-state index is 0.0936. The molecule has 0 saturated heterocycles. The Bertz CT molecular complexity index is 1250. The number of pyridine rings is 2. The molecular weight excluding hydrogens is 388 g/mol. The molecule has 0 N–H and O–H groups in total. The van der Waals surface area contributed by atoms with Crippen LogP contribution in [0.4, 0.5) is 0 Å². The third-order valence-electron chi connectivity index (χ3n) is 4.25. The second-order valence-corrected chi connectivity index (χ2v) is 8.28. The van der Waals surface area contributed by atoms with Gasteiger partial charge < -0.3 is 0 Å². The zero-order valence-electron chi connectivity index (χ0n) is 15.2. The van der Waals surface area contributed by atoms with E-state index < -0.39 is 21.4 Å². The first-order valence-electron chi connectivity index (χ1n) is 8.76. The number of benzene rings is 1. The number of aromatic nitrogens is 4. The number of hydrogen-bond acceptors (Lipinski definition) is 6. The van der Waals surface area contributed by atoms with E-state index in [0.717, 1.165) is 5.69 Å². The van der Waals surface area contributed by atoms with Crippen LogP contribution in [-0.4, -0.2) is 39.7 Å². The molecule has 0 unspecified atom stereocenters. The first-order valence-corrected chi connectivity index (χ1v) is 10.4. The van der Waals surface area contributed by atoms with Crippen LogP contribution in [0.25, 0.3) is 16.9 Å². The van der Waals surface area contributed by atoms with Crippen LogP contribution in [0.2, 0.25) is 0 Å². The van der Waals surface area contributed by atoms with Crippen LogP contribution in [-0.2, 0) is 9.84 Å². The molecule has 7 nitrogen and oxygen atoms in total. The minimum atomic E-state index is -3.73. The van der Waals surface area contributed by atoms with Gasteiger partial charge >= 0.3 is 0 Å². The van der Waals surface area contributed by atoms with Crippen molar-refractivity contribution >= 4 is 15.6 Å². The average molecular weight is 404 g/mol. The fourth-order valence-electron chi connectivity index (χ4n) is 2.79. The zero-order chi connectivity index (χ0) is 20.3. The molecule has 0 fully saturated rings. The third-order valence-corrected chi connectivity index (χ3v) is 5.88. The van der Waals surface area contributed by atoms with Crippen molar-refractivity contribution in [3.63, 3.8) is 0 Å². The Balaban J connectivity index is 1.58. The van der Waals surface area contributed by atoms with E-state index in [2.05, 4.69) is 15.1 Å². The smallest absolute Gasteiger partial charge is 0.196 e. The van der Waals surface area contributed by atoms with E-state index in [1.165, 1.54) is 18.2 Å². The monoisotopic (exact) mass is 404 g/mol. The highest BCUT2D eigenvalue weighted by Gasteiger charge is 2.21. The number of nitrogens with zero attached hydrogens (tertiary/aromatic N) is 4. The number of carbonyl (C=O) groups is 1. The number of sulfone groups is 1. The van der Waals surface area contributed by atoms with Gasteiger partial charge in [0.2, 0.25) is 0 Å². The molecule has 1 aromatic carbocycles. The van der Waals surface area contributed by atoms with Gasteiger partial charge in [-0.25, -0.2) is 18.1 Å². The van der Waals surface area contributed by atoms with E-state index in [1.54, 1.807) is 65.9 Å². The average Bonchev–Trinajstić information content (AvgIpc) is 3.25. The molecule has 8 heteroatoms. The van der Waals surface area contributed by atoms with Gasteiger partial charge in [0.25, 0.3) is 0 Å². The third kappa shape index (κ3) is 4.12. The van der Waals surface area contributed by atoms with Crippen LogP contribution in [0.15, 0.2) is 90.3 Å². The van der Waals surface area contributed by atoms with Crippen molar-refractivity contribution in [1.82, 2.24) is 19.7 Å². The lowest BCUT2D eigenvalue weighted by molar-refractivity contribution is 0.101. The molecule has 0 radical (unpaired) electrons. The Labute approximate surface area is 167 Å². The summed E-state index contributed by atoms with van der Waals surface area (Å²) < 4.78 is 26.6. The van der Waals surface area contributed by atoms with Crippen LogP contribution in [0.3, 0.4) is 0 Å². The van der Waals surface area contributed by atoms with Gasteiger partial charge in [-0.05, 0) is 36.4 Å². The van der Waals surface area contributed by atoms with E-state index in [1.807, 2.05) is 6.07 Å². The summed E-state index contributed by atoms with van der Waals surface area (Å²) >= 11 is 0. The van der Waals surface area contributed by atoms with Crippen LogP contribution in [0.5, 0.6) is 0 Å². The zero-order valence-corrected chi connectivity index (χ0v) is 16.0. The molecule has 4 rings (SSSR count). The summed E-state index contributed by atoms with van der Waals surface area (Å²) in [5.41, 5.74) is 2.12. The lowest BCUT2D eigenvalue weighted by Gasteiger charge is -2.05. The SMILES string of the molecule is O=C(CS(=O)(=O)c1ccccc1)c1cccc(-c2cnn(-c3cccnc3)c2)n1. The molecule has 3 aromatic heterocycles. The molecule has 0 amide bonds. The van der Waals surface area contributed by atoms with Gasteiger partial charge in [0.05, 0.1) is 28.7 Å². The van der Waals surface area contributed by atoms with Crippen molar-refractivity contribution in [1.29, 1.82) is 0 Å². The fraction of sp³-hybridized carbons (Fsp3) is 0.0476. The first-order chi connectivity index (χ1) is 14.0. The van der Waals surface area contributed by atoms with Crippen molar-refractivity contribution in [3.05, 3.63) is 91.1 Å². The summed E-state index contributed by atoms with van der Waals surface area (Å²) in [5, 5.41) is 4.29. The summed E-state index contributed by atoms with van der Waals surface area (Å²) in [4.78, 5) is 21.1. The molecular formula is C21H16N4O3S. The normalized spacial score (nSPS) is 11.3. The largest absolute Gasteiger partial charge is 0.291 e. The molecule has 0 aliphatic carbocycles. The van der Waals surface area contributed by atoms with Crippen LogP contribution in [0.1, 0.15) is 10.5 Å². The Morgan fingerprint density at radius 1 is 0.931 bits per heavy atom. The van der Waals surface area contributed by atoms with E-state index in [4.69, 9.17) is 0 Å². The molecule has 0 atom stereocenters. The maximum Gasteiger partial charge on any atom is 0.196 e. The molecule has 0 spiro atoms. The Hall–Kier alpha value is -3.65. The topological polar surface area (TPSA) is 94.8 Å². The highest BCUT2D eigenvalue weighted by Crippen LogP contribution is 2.19. The van der Waals surface area contributed by atoms with Crippen molar-refractivity contribution in [2.45, 2.75) is 4.90 Å². The standard InChI is InChI=1S/C21H16N4O3S/c26-21(15-29(27,28)18-7-2-1-3-8-18)20-10-4-9-19(24-20)16-12-23-25(14-16)17-6-5-11-22-13-17/h1-14H,15H2. The Morgan fingerprint density at radius 2 is 1.76 bits per heavy atom. The molecule has 4 aromatic rings. The van der Waals surface area contributed by atoms with Gasteiger partial charge in [-0.2, -0.15) is 5.10 Å². The van der Waals surface area contributed by atoms with Crippen LogP contribution in [0, 0.1) is 0 Å². The molecule has 0 aliphatic rings. The van der Waals surface area contributed by atoms with Crippen LogP contribution >= 0.6 is 0 Å². The molecule has 0 aliphatic heterocycles. The lowest BCUT2D eigenvalue weighted by atomic mass is 10.2. The van der Waals surface area contributed by atoms with Gasteiger partial charge in [-0.1, -0.05) is 24.3 Å². The maximum atomic E-state index is 12.6. The summed E-state index contributed by atoms with van der Waals surface area (Å²) in [5.74, 6) is -1.20. The summed E-state index contributed by atoms with van der Waals surface area (Å²) in [7, 11) is -3.73. The Kier molecular flexibility index (Phi) is 5.01. The second kappa shape index (κ2) is 7.76. The number of hydrogen-bond donors (Lipinski definition) is 0. The maximum absolute atomic E-state index is 12.6. The summed E-state index contributed by atoms with van der Waals surface area (Å²) in [6.07, 6.45) is 6.76. The number of carbonyl (C=O) groups excluding carboxylic acids is 1. The van der Waals surface area contributed by atoms with Gasteiger partial charge in [-0.3, -0.25) is 9.78 Å². The van der Waals surface area contributed by atoms with Crippen molar-refractivity contribution in [2.75, 3.05) is 5.75 Å². The van der Waals surface area contributed by atoms with Gasteiger partial charge in [0, 0.05) is 18.0 Å². The quantitative estimate of drug-likeness (QED) is 0.459. The van der Waals surface area contributed by atoms with E-state index >= 15 is 0 Å². The van der Waals surface area contributed by atoms with Gasteiger partial charge in [-0.15, -0.1) is 0 Å². The summed E-state index contributed by atoms with van der Waals surface area (Å²) in [6, 6.07) is 16.5. The van der Waals surface area contributed by atoms with Gasteiger partial charge in [0.1, 0.15) is 11.4 Å².